The van der Waals surface area contributed by atoms with Gasteiger partial charge >= 0.3 is 11.9 Å². The van der Waals surface area contributed by atoms with Gasteiger partial charge in [-0.3, -0.25) is 9.59 Å². The predicted molar refractivity (Wildman–Crippen MR) is 91.6 cm³/mol. The summed E-state index contributed by atoms with van der Waals surface area (Å²) in [7, 11) is 0. The molecule has 136 valence electrons. The summed E-state index contributed by atoms with van der Waals surface area (Å²) >= 11 is 0. The van der Waals surface area contributed by atoms with Crippen LogP contribution in [0.2, 0.25) is 0 Å². The summed E-state index contributed by atoms with van der Waals surface area (Å²) in [5, 5.41) is 11.8. The van der Waals surface area contributed by atoms with Crippen molar-refractivity contribution in [2.45, 2.75) is 51.7 Å². The first-order valence-corrected chi connectivity index (χ1v) is 8.48. The number of benzene rings is 1. The highest BCUT2D eigenvalue weighted by Crippen LogP contribution is 2.32. The zero-order valence-corrected chi connectivity index (χ0v) is 14.8. The second-order valence-corrected chi connectivity index (χ2v) is 7.43. The summed E-state index contributed by atoms with van der Waals surface area (Å²) in [6.07, 6.45) is 1.30. The van der Waals surface area contributed by atoms with Crippen molar-refractivity contribution in [1.82, 2.24) is 5.32 Å². The van der Waals surface area contributed by atoms with Crippen LogP contribution in [0.1, 0.15) is 51.6 Å². The number of nitrogens with one attached hydrogen (secondary N) is 1. The number of hydrogen-bond donors (Lipinski definition) is 2. The monoisotopic (exact) mass is 347 g/mol. The molecule has 0 radical (unpaired) electrons. The van der Waals surface area contributed by atoms with Crippen LogP contribution >= 0.6 is 0 Å². The first-order chi connectivity index (χ1) is 11.7. The van der Waals surface area contributed by atoms with E-state index < -0.39 is 35.4 Å². The van der Waals surface area contributed by atoms with Gasteiger partial charge in [-0.25, -0.2) is 4.79 Å². The fourth-order valence-electron chi connectivity index (χ4n) is 2.99. The van der Waals surface area contributed by atoms with E-state index >= 15 is 0 Å². The molecule has 1 aliphatic carbocycles. The average molecular weight is 347 g/mol. The number of carboxylic acids is 1. The van der Waals surface area contributed by atoms with Crippen LogP contribution in [-0.4, -0.2) is 28.6 Å². The summed E-state index contributed by atoms with van der Waals surface area (Å²) in [6.45, 7) is 5.30. The van der Waals surface area contributed by atoms with Crippen molar-refractivity contribution >= 4 is 17.8 Å². The Labute approximate surface area is 147 Å². The maximum absolute atomic E-state index is 12.6. The normalized spacial score (nSPS) is 21.4. The van der Waals surface area contributed by atoms with Gasteiger partial charge in [0.1, 0.15) is 5.60 Å². The lowest BCUT2D eigenvalue weighted by Gasteiger charge is -2.25. The summed E-state index contributed by atoms with van der Waals surface area (Å²) in [5.41, 5.74) is -0.0331. The van der Waals surface area contributed by atoms with E-state index in [-0.39, 0.29) is 5.91 Å². The molecule has 0 aromatic heterocycles. The number of carbonyl (C=O) groups excluding carboxylic acids is 2. The number of carboxylic acid groups (broad SMARTS) is 1. The van der Waals surface area contributed by atoms with E-state index in [4.69, 9.17) is 9.84 Å². The van der Waals surface area contributed by atoms with E-state index in [2.05, 4.69) is 5.32 Å². The highest BCUT2D eigenvalue weighted by molar-refractivity contribution is 5.87. The zero-order chi connectivity index (χ0) is 18.6. The molecule has 6 nitrogen and oxygen atoms in total. The zero-order valence-electron chi connectivity index (χ0n) is 14.8. The first kappa shape index (κ1) is 19.0. The highest BCUT2D eigenvalue weighted by Gasteiger charge is 2.36. The molecule has 0 unspecified atom stereocenters. The van der Waals surface area contributed by atoms with Gasteiger partial charge in [-0.15, -0.1) is 0 Å². The molecule has 0 saturated heterocycles. The van der Waals surface area contributed by atoms with Crippen molar-refractivity contribution < 1.29 is 24.2 Å². The third-order valence-electron chi connectivity index (χ3n) is 4.21. The summed E-state index contributed by atoms with van der Waals surface area (Å²) in [6, 6.07) is 8.00. The number of carbonyl (C=O) groups is 3. The molecule has 1 aromatic rings. The van der Waals surface area contributed by atoms with Crippen LogP contribution in [0, 0.1) is 11.8 Å². The van der Waals surface area contributed by atoms with Gasteiger partial charge in [0.05, 0.1) is 5.92 Å². The van der Waals surface area contributed by atoms with E-state index in [1.807, 2.05) is 6.07 Å². The number of hydrogen-bond acceptors (Lipinski definition) is 4. The van der Waals surface area contributed by atoms with Gasteiger partial charge in [0.2, 0.25) is 5.91 Å². The smallest absolute Gasteiger partial charge is 0.333 e. The van der Waals surface area contributed by atoms with Gasteiger partial charge < -0.3 is 15.2 Å². The molecule has 2 rings (SSSR count). The van der Waals surface area contributed by atoms with Gasteiger partial charge in [-0.2, -0.15) is 0 Å². The van der Waals surface area contributed by atoms with Crippen LogP contribution in [0.25, 0.3) is 0 Å². The van der Waals surface area contributed by atoms with Gasteiger partial charge in [-0.1, -0.05) is 30.3 Å². The molecule has 0 heterocycles. The minimum atomic E-state index is -0.906. The van der Waals surface area contributed by atoms with Crippen LogP contribution in [0.15, 0.2) is 30.3 Å². The Kier molecular flexibility index (Phi) is 5.82. The Morgan fingerprint density at radius 3 is 2.24 bits per heavy atom. The molecule has 1 aromatic carbocycles. The molecule has 2 N–H and O–H groups in total. The first-order valence-electron chi connectivity index (χ1n) is 8.48. The Morgan fingerprint density at radius 2 is 1.72 bits per heavy atom. The topological polar surface area (TPSA) is 92.7 Å². The number of rotatable bonds is 5. The van der Waals surface area contributed by atoms with Crippen LogP contribution in [0.3, 0.4) is 0 Å². The fraction of sp³-hybridized carbons (Fsp3) is 0.526. The minimum Gasteiger partial charge on any atom is -0.481 e. The van der Waals surface area contributed by atoms with Gasteiger partial charge in [-0.05, 0) is 45.6 Å². The molecule has 0 bridgehead atoms. The Hall–Kier alpha value is -2.37. The molecule has 1 amide bonds. The highest BCUT2D eigenvalue weighted by atomic mass is 16.6. The number of aliphatic carboxylic acids is 1. The summed E-state index contributed by atoms with van der Waals surface area (Å²) in [4.78, 5) is 36.2. The van der Waals surface area contributed by atoms with Crippen LogP contribution in [0.5, 0.6) is 0 Å². The molecule has 25 heavy (non-hydrogen) atoms. The summed E-state index contributed by atoms with van der Waals surface area (Å²) in [5.74, 6) is -2.59. The van der Waals surface area contributed by atoms with E-state index in [0.29, 0.717) is 24.8 Å². The molecular formula is C19H25NO5. The standard InChI is InChI=1S/C19H25NO5/c1-19(2,3)25-18(24)15(12-7-5-4-6-8-12)20-16(21)13-9-10-14(11-13)17(22)23/h4-8,13-15H,9-11H2,1-3H3,(H,20,21)(H,22,23)/t13-,14+,15+/m1/s1. The molecule has 0 aliphatic heterocycles. The maximum Gasteiger partial charge on any atom is 0.333 e. The Balaban J connectivity index is 2.12. The molecular weight excluding hydrogens is 322 g/mol. The minimum absolute atomic E-state index is 0.302. The van der Waals surface area contributed by atoms with Crippen LogP contribution in [0.4, 0.5) is 0 Å². The molecule has 1 aliphatic rings. The lowest BCUT2D eigenvalue weighted by molar-refractivity contribution is -0.159. The fourth-order valence-corrected chi connectivity index (χ4v) is 2.99. The van der Waals surface area contributed by atoms with Gasteiger partial charge in [0.15, 0.2) is 6.04 Å². The third-order valence-corrected chi connectivity index (χ3v) is 4.21. The second-order valence-electron chi connectivity index (χ2n) is 7.43. The lowest BCUT2D eigenvalue weighted by atomic mass is 10.0. The quantitative estimate of drug-likeness (QED) is 0.799. The van der Waals surface area contributed by atoms with Gasteiger partial charge in [0, 0.05) is 5.92 Å². The molecule has 0 spiro atoms. The lowest BCUT2D eigenvalue weighted by Crippen LogP contribution is -2.40. The Morgan fingerprint density at radius 1 is 1.12 bits per heavy atom. The molecule has 6 heteroatoms. The average Bonchev–Trinajstić information content (AvgIpc) is 3.01. The molecule has 1 saturated carbocycles. The van der Waals surface area contributed by atoms with E-state index in [9.17, 15) is 14.4 Å². The van der Waals surface area contributed by atoms with E-state index in [1.54, 1.807) is 45.0 Å². The van der Waals surface area contributed by atoms with Crippen molar-refractivity contribution in [3.8, 4) is 0 Å². The van der Waals surface area contributed by atoms with Crippen molar-refractivity contribution in [2.75, 3.05) is 0 Å². The number of amides is 1. The van der Waals surface area contributed by atoms with Gasteiger partial charge in [0.25, 0.3) is 0 Å². The largest absolute Gasteiger partial charge is 0.481 e. The van der Waals surface area contributed by atoms with E-state index in [1.165, 1.54) is 0 Å². The summed E-state index contributed by atoms with van der Waals surface area (Å²) < 4.78 is 5.43. The van der Waals surface area contributed by atoms with Crippen LogP contribution < -0.4 is 5.32 Å². The van der Waals surface area contributed by atoms with Crippen molar-refractivity contribution in [3.05, 3.63) is 35.9 Å². The maximum atomic E-state index is 12.6. The number of esters is 1. The van der Waals surface area contributed by atoms with Crippen molar-refractivity contribution in [1.29, 1.82) is 0 Å². The van der Waals surface area contributed by atoms with Crippen LogP contribution in [-0.2, 0) is 19.1 Å². The SMILES string of the molecule is CC(C)(C)OC(=O)[C@@H](NC(=O)[C@@H]1CC[C@H](C(=O)O)C1)c1ccccc1. The molecule has 1 fully saturated rings. The Bertz CT molecular complexity index is 635. The van der Waals surface area contributed by atoms with Crippen molar-refractivity contribution in [2.24, 2.45) is 11.8 Å². The van der Waals surface area contributed by atoms with Crippen molar-refractivity contribution in [3.63, 3.8) is 0 Å². The second kappa shape index (κ2) is 7.68. The number of ether oxygens (including phenoxy) is 1. The van der Waals surface area contributed by atoms with E-state index in [0.717, 1.165) is 0 Å². The third kappa shape index (κ3) is 5.31. The predicted octanol–water partition coefficient (Wildman–Crippen LogP) is 2.69. The molecule has 3 atom stereocenters.